The van der Waals surface area contributed by atoms with Crippen molar-refractivity contribution in [2.45, 2.75) is 0 Å². The summed E-state index contributed by atoms with van der Waals surface area (Å²) in [6, 6.07) is 5.47. The Balaban J connectivity index is 2.58. The average Bonchev–Trinajstić information content (AvgIpc) is 2.52. The van der Waals surface area contributed by atoms with Crippen LogP contribution in [0, 0.1) is 0 Å². The van der Waals surface area contributed by atoms with Gasteiger partial charge in [0, 0.05) is 18.3 Å². The van der Waals surface area contributed by atoms with E-state index in [2.05, 4.69) is 4.98 Å². The third kappa shape index (κ3) is 1.46. The van der Waals surface area contributed by atoms with Crippen LogP contribution in [0.5, 0.6) is 0 Å². The molecule has 2 rings (SSSR count). The number of rotatable bonds is 1. The lowest BCUT2D eigenvalue weighted by molar-refractivity contribution is 0.921. The molecule has 0 aliphatic heterocycles. The molecule has 0 radical (unpaired) electrons. The van der Waals surface area contributed by atoms with Crippen molar-refractivity contribution >= 4 is 17.3 Å². The van der Waals surface area contributed by atoms with Gasteiger partial charge in [0.25, 0.3) is 0 Å². The van der Waals surface area contributed by atoms with Crippen LogP contribution in [0.2, 0.25) is 5.02 Å². The predicted molar refractivity (Wildman–Crippen MR) is 58.1 cm³/mol. The highest BCUT2D eigenvalue weighted by Gasteiger charge is 2.06. The molecular weight excluding hydrogens is 198 g/mol. The third-order valence-corrected chi connectivity index (χ3v) is 2.40. The van der Waals surface area contributed by atoms with Crippen molar-refractivity contribution in [3.63, 3.8) is 0 Å². The summed E-state index contributed by atoms with van der Waals surface area (Å²) in [4.78, 5) is 4.03. The molecule has 3 nitrogen and oxygen atoms in total. The third-order valence-electron chi connectivity index (χ3n) is 2.09. The number of aromatic nitrogens is 2. The smallest absolute Gasteiger partial charge is 0.0948 e. The summed E-state index contributed by atoms with van der Waals surface area (Å²) in [5, 5.41) is 0.647. The van der Waals surface area contributed by atoms with Crippen LogP contribution in [0.1, 0.15) is 0 Å². The van der Waals surface area contributed by atoms with E-state index in [0.717, 1.165) is 11.3 Å². The van der Waals surface area contributed by atoms with E-state index >= 15 is 0 Å². The van der Waals surface area contributed by atoms with Crippen molar-refractivity contribution in [1.82, 2.24) is 9.55 Å². The molecule has 4 heteroatoms. The van der Waals surface area contributed by atoms with Crippen LogP contribution in [-0.4, -0.2) is 9.55 Å². The number of hydrogen-bond donors (Lipinski definition) is 1. The zero-order valence-corrected chi connectivity index (χ0v) is 8.49. The van der Waals surface area contributed by atoms with Gasteiger partial charge in [-0.3, -0.25) is 0 Å². The van der Waals surface area contributed by atoms with Gasteiger partial charge in [-0.25, -0.2) is 4.98 Å². The summed E-state index contributed by atoms with van der Waals surface area (Å²) in [6.07, 6.45) is 3.51. The minimum atomic E-state index is 0.647. The first-order chi connectivity index (χ1) is 6.68. The quantitative estimate of drug-likeness (QED) is 0.730. The van der Waals surface area contributed by atoms with Gasteiger partial charge < -0.3 is 10.3 Å². The molecule has 0 spiro atoms. The van der Waals surface area contributed by atoms with Crippen LogP contribution in [0.25, 0.3) is 11.3 Å². The standard InChI is InChI=1S/C10H10ClN3/c1-14-6-13-5-10(14)8-3-2-7(12)4-9(8)11/h2-6H,12H2,1H3. The monoisotopic (exact) mass is 207 g/mol. The second-order valence-corrected chi connectivity index (χ2v) is 3.54. The number of nitrogens with two attached hydrogens (primary N) is 1. The predicted octanol–water partition coefficient (Wildman–Crippen LogP) is 2.32. The molecule has 1 heterocycles. The molecule has 0 unspecified atom stereocenters. The van der Waals surface area contributed by atoms with Gasteiger partial charge in [0.2, 0.25) is 0 Å². The van der Waals surface area contributed by atoms with E-state index in [1.807, 2.05) is 23.7 Å². The number of nitrogen functional groups attached to an aromatic ring is 1. The number of benzene rings is 1. The van der Waals surface area contributed by atoms with Crippen LogP contribution in [0.15, 0.2) is 30.7 Å². The van der Waals surface area contributed by atoms with Gasteiger partial charge in [-0.05, 0) is 18.2 Å². The van der Waals surface area contributed by atoms with Crippen LogP contribution in [0.4, 0.5) is 5.69 Å². The minimum Gasteiger partial charge on any atom is -0.399 e. The van der Waals surface area contributed by atoms with Crippen LogP contribution < -0.4 is 5.73 Å². The SMILES string of the molecule is Cn1cncc1-c1ccc(N)cc1Cl. The fourth-order valence-electron chi connectivity index (χ4n) is 1.36. The molecule has 2 N–H and O–H groups in total. The van der Waals surface area contributed by atoms with E-state index in [9.17, 15) is 0 Å². The number of aryl methyl sites for hydroxylation is 1. The molecule has 0 saturated heterocycles. The van der Waals surface area contributed by atoms with E-state index < -0.39 is 0 Å². The van der Waals surface area contributed by atoms with E-state index in [-0.39, 0.29) is 0 Å². The molecule has 2 aromatic rings. The second kappa shape index (κ2) is 3.35. The van der Waals surface area contributed by atoms with Gasteiger partial charge in [-0.1, -0.05) is 11.6 Å². The van der Waals surface area contributed by atoms with E-state index in [0.29, 0.717) is 10.7 Å². The Bertz CT molecular complexity index is 462. The summed E-state index contributed by atoms with van der Waals surface area (Å²) >= 11 is 6.07. The topological polar surface area (TPSA) is 43.8 Å². The first-order valence-electron chi connectivity index (χ1n) is 4.20. The Morgan fingerprint density at radius 1 is 1.43 bits per heavy atom. The average molecular weight is 208 g/mol. The van der Waals surface area contributed by atoms with Gasteiger partial charge in [0.1, 0.15) is 0 Å². The van der Waals surface area contributed by atoms with Crippen molar-refractivity contribution in [3.8, 4) is 11.3 Å². The lowest BCUT2D eigenvalue weighted by Gasteiger charge is -2.05. The summed E-state index contributed by atoms with van der Waals surface area (Å²) in [6.45, 7) is 0. The summed E-state index contributed by atoms with van der Waals surface area (Å²) in [7, 11) is 1.93. The highest BCUT2D eigenvalue weighted by molar-refractivity contribution is 6.33. The van der Waals surface area contributed by atoms with E-state index in [1.165, 1.54) is 0 Å². The van der Waals surface area contributed by atoms with Crippen LogP contribution in [-0.2, 0) is 7.05 Å². The normalized spacial score (nSPS) is 10.4. The van der Waals surface area contributed by atoms with E-state index in [4.69, 9.17) is 17.3 Å². The Hall–Kier alpha value is -1.48. The molecule has 72 valence electrons. The Kier molecular flexibility index (Phi) is 2.17. The molecule has 0 aliphatic carbocycles. The number of nitrogens with zero attached hydrogens (tertiary/aromatic N) is 2. The maximum atomic E-state index is 6.07. The molecule has 1 aromatic carbocycles. The first-order valence-corrected chi connectivity index (χ1v) is 4.58. The van der Waals surface area contributed by atoms with Crippen LogP contribution in [0.3, 0.4) is 0 Å². The summed E-state index contributed by atoms with van der Waals surface area (Å²) in [5.74, 6) is 0. The van der Waals surface area contributed by atoms with Crippen molar-refractivity contribution in [1.29, 1.82) is 0 Å². The second-order valence-electron chi connectivity index (χ2n) is 3.13. The van der Waals surface area contributed by atoms with Crippen molar-refractivity contribution in [3.05, 3.63) is 35.7 Å². The molecule has 0 bridgehead atoms. The molecular formula is C10H10ClN3. The van der Waals surface area contributed by atoms with Gasteiger partial charge in [0.05, 0.1) is 23.2 Å². The lowest BCUT2D eigenvalue weighted by atomic mass is 10.1. The summed E-state index contributed by atoms with van der Waals surface area (Å²) < 4.78 is 1.91. The number of hydrogen-bond acceptors (Lipinski definition) is 2. The van der Waals surface area contributed by atoms with Crippen molar-refractivity contribution < 1.29 is 0 Å². The first kappa shape index (κ1) is 9.09. The molecule has 0 aliphatic rings. The number of halogens is 1. The molecule has 0 saturated carbocycles. The lowest BCUT2D eigenvalue weighted by Crippen LogP contribution is -1.91. The minimum absolute atomic E-state index is 0.647. The zero-order valence-electron chi connectivity index (χ0n) is 7.74. The zero-order chi connectivity index (χ0) is 10.1. The van der Waals surface area contributed by atoms with E-state index in [1.54, 1.807) is 18.6 Å². The highest BCUT2D eigenvalue weighted by Crippen LogP contribution is 2.28. The fraction of sp³-hybridized carbons (Fsp3) is 0.100. The maximum Gasteiger partial charge on any atom is 0.0948 e. The van der Waals surface area contributed by atoms with Crippen molar-refractivity contribution in [2.24, 2.45) is 7.05 Å². The molecule has 0 fully saturated rings. The molecule has 0 atom stereocenters. The number of imidazole rings is 1. The maximum absolute atomic E-state index is 6.07. The van der Waals surface area contributed by atoms with Gasteiger partial charge >= 0.3 is 0 Å². The Labute approximate surface area is 87.1 Å². The highest BCUT2D eigenvalue weighted by atomic mass is 35.5. The Morgan fingerprint density at radius 3 is 2.79 bits per heavy atom. The van der Waals surface area contributed by atoms with Gasteiger partial charge in [-0.2, -0.15) is 0 Å². The summed E-state index contributed by atoms with van der Waals surface area (Å²) in [5.41, 5.74) is 8.21. The Morgan fingerprint density at radius 2 is 2.21 bits per heavy atom. The van der Waals surface area contributed by atoms with Gasteiger partial charge in [0.15, 0.2) is 0 Å². The molecule has 0 amide bonds. The fourth-order valence-corrected chi connectivity index (χ4v) is 1.64. The molecule has 1 aromatic heterocycles. The largest absolute Gasteiger partial charge is 0.399 e. The van der Waals surface area contributed by atoms with Crippen molar-refractivity contribution in [2.75, 3.05) is 5.73 Å². The van der Waals surface area contributed by atoms with Gasteiger partial charge in [-0.15, -0.1) is 0 Å². The number of anilines is 1. The molecule has 14 heavy (non-hydrogen) atoms. The van der Waals surface area contributed by atoms with Crippen LogP contribution >= 0.6 is 11.6 Å².